The van der Waals surface area contributed by atoms with E-state index in [0.29, 0.717) is 19.8 Å². The first kappa shape index (κ1) is 16.4. The predicted molar refractivity (Wildman–Crippen MR) is 73.1 cm³/mol. The van der Waals surface area contributed by atoms with Gasteiger partial charge in [-0.2, -0.15) is 0 Å². The Morgan fingerprint density at radius 2 is 2.15 bits per heavy atom. The first-order valence-electron chi connectivity index (χ1n) is 5.85. The minimum Gasteiger partial charge on any atom is -0.382 e. The molecule has 0 saturated heterocycles. The molecule has 1 aromatic carbocycles. The van der Waals surface area contributed by atoms with Gasteiger partial charge in [0.2, 0.25) is 0 Å². The van der Waals surface area contributed by atoms with Gasteiger partial charge in [0.15, 0.2) is 0 Å². The van der Waals surface area contributed by atoms with Crippen LogP contribution < -0.4 is 5.32 Å². The molecule has 0 atom stereocenters. The number of hydrogen-bond donors (Lipinski definition) is 1. The smallest absolute Gasteiger partial charge is 0.300 e. The van der Waals surface area contributed by atoms with E-state index in [1.54, 1.807) is 7.11 Å². The minimum atomic E-state index is -0.674. The van der Waals surface area contributed by atoms with Crippen LogP contribution in [0.5, 0.6) is 0 Å². The second-order valence-corrected chi connectivity index (χ2v) is 4.16. The molecule has 0 aliphatic rings. The molecule has 1 N–H and O–H groups in total. The molecule has 0 aromatic heterocycles. The highest BCUT2D eigenvalue weighted by atomic mass is 35.5. The lowest BCUT2D eigenvalue weighted by Gasteiger charge is -2.07. The van der Waals surface area contributed by atoms with Gasteiger partial charge in [0.1, 0.15) is 10.6 Å². The van der Waals surface area contributed by atoms with E-state index in [0.717, 1.165) is 0 Å². The summed E-state index contributed by atoms with van der Waals surface area (Å²) in [5, 5.41) is 13.4. The maximum Gasteiger partial charge on any atom is 0.300 e. The monoisotopic (exact) mass is 302 g/mol. The first-order valence-corrected chi connectivity index (χ1v) is 6.23. The van der Waals surface area contributed by atoms with Crippen molar-refractivity contribution in [2.45, 2.75) is 0 Å². The molecular weight excluding hydrogens is 288 g/mol. The number of nitrogens with one attached hydrogen (secondary N) is 1. The number of hydrogen-bond acceptors (Lipinski definition) is 5. The number of nitro benzene ring substituents is 1. The molecular formula is C12H15ClN2O5. The van der Waals surface area contributed by atoms with Crippen LogP contribution in [0, 0.1) is 10.1 Å². The number of carbonyl (C=O) groups is 1. The van der Waals surface area contributed by atoms with Crippen LogP contribution >= 0.6 is 11.6 Å². The van der Waals surface area contributed by atoms with Gasteiger partial charge in [-0.1, -0.05) is 17.7 Å². The summed E-state index contributed by atoms with van der Waals surface area (Å²) in [6, 6.07) is 4.20. The number of nitrogens with zero attached hydrogens (tertiary/aromatic N) is 1. The lowest BCUT2D eigenvalue weighted by Crippen LogP contribution is -2.28. The van der Waals surface area contributed by atoms with Gasteiger partial charge in [-0.05, 0) is 12.1 Å². The number of amides is 1. The van der Waals surface area contributed by atoms with Gasteiger partial charge < -0.3 is 14.8 Å². The van der Waals surface area contributed by atoms with Crippen LogP contribution in [0.4, 0.5) is 5.69 Å². The van der Waals surface area contributed by atoms with Crippen molar-refractivity contribution in [3.05, 3.63) is 38.9 Å². The third kappa shape index (κ3) is 4.76. The van der Waals surface area contributed by atoms with Gasteiger partial charge in [0.25, 0.3) is 5.91 Å². The van der Waals surface area contributed by atoms with Gasteiger partial charge in [-0.25, -0.2) is 0 Å². The van der Waals surface area contributed by atoms with Crippen molar-refractivity contribution in [1.82, 2.24) is 5.32 Å². The molecule has 7 nitrogen and oxygen atoms in total. The highest BCUT2D eigenvalue weighted by molar-refractivity contribution is 6.33. The molecule has 0 heterocycles. The molecule has 0 bridgehead atoms. The summed E-state index contributed by atoms with van der Waals surface area (Å²) in [6.07, 6.45) is 0. The van der Waals surface area contributed by atoms with Crippen LogP contribution in [0.25, 0.3) is 0 Å². The van der Waals surface area contributed by atoms with Crippen molar-refractivity contribution in [2.75, 3.05) is 33.5 Å². The van der Waals surface area contributed by atoms with Crippen LogP contribution in [-0.4, -0.2) is 44.3 Å². The van der Waals surface area contributed by atoms with Crippen LogP contribution in [-0.2, 0) is 9.47 Å². The Hall–Kier alpha value is -1.70. The molecule has 0 spiro atoms. The number of benzene rings is 1. The molecule has 0 saturated carbocycles. The number of halogens is 1. The van der Waals surface area contributed by atoms with Crippen LogP contribution in [0.2, 0.25) is 5.02 Å². The lowest BCUT2D eigenvalue weighted by molar-refractivity contribution is -0.385. The van der Waals surface area contributed by atoms with E-state index in [-0.39, 0.29) is 17.1 Å². The Morgan fingerprint density at radius 1 is 1.40 bits per heavy atom. The summed E-state index contributed by atoms with van der Waals surface area (Å²) in [7, 11) is 1.56. The quantitative estimate of drug-likeness (QED) is 0.448. The van der Waals surface area contributed by atoms with E-state index >= 15 is 0 Å². The number of nitro groups is 1. The Bertz CT molecular complexity index is 481. The van der Waals surface area contributed by atoms with Gasteiger partial charge in [0, 0.05) is 13.7 Å². The Kier molecular flexibility index (Phi) is 6.92. The topological polar surface area (TPSA) is 90.7 Å². The molecule has 0 aliphatic carbocycles. The van der Waals surface area contributed by atoms with Crippen LogP contribution in [0.1, 0.15) is 10.4 Å². The van der Waals surface area contributed by atoms with Crippen LogP contribution in [0.3, 0.4) is 0 Å². The van der Waals surface area contributed by atoms with E-state index < -0.39 is 16.5 Å². The lowest BCUT2D eigenvalue weighted by atomic mass is 10.1. The van der Waals surface area contributed by atoms with Crippen LogP contribution in [0.15, 0.2) is 18.2 Å². The molecule has 0 unspecified atom stereocenters. The van der Waals surface area contributed by atoms with E-state index in [2.05, 4.69) is 5.32 Å². The summed E-state index contributed by atoms with van der Waals surface area (Å²) in [5.41, 5.74) is -0.466. The average Bonchev–Trinajstić information content (AvgIpc) is 2.41. The van der Waals surface area contributed by atoms with Gasteiger partial charge >= 0.3 is 5.69 Å². The highest BCUT2D eigenvalue weighted by Gasteiger charge is 2.23. The Morgan fingerprint density at radius 3 is 2.80 bits per heavy atom. The van der Waals surface area contributed by atoms with E-state index in [1.165, 1.54) is 18.2 Å². The summed E-state index contributed by atoms with van der Waals surface area (Å²) >= 11 is 5.73. The Labute approximate surface area is 121 Å². The number of para-hydroxylation sites is 1. The summed E-state index contributed by atoms with van der Waals surface area (Å²) in [4.78, 5) is 22.1. The normalized spacial score (nSPS) is 10.3. The third-order valence-corrected chi connectivity index (χ3v) is 2.68. The summed E-state index contributed by atoms with van der Waals surface area (Å²) in [5.74, 6) is -0.561. The SMILES string of the molecule is COCCOCCNC(=O)c1cccc(Cl)c1[N+](=O)[O-]. The summed E-state index contributed by atoms with van der Waals surface area (Å²) < 4.78 is 9.95. The van der Waals surface area contributed by atoms with Gasteiger partial charge in [-0.3, -0.25) is 14.9 Å². The van der Waals surface area contributed by atoms with Crippen molar-refractivity contribution in [3.8, 4) is 0 Å². The maximum absolute atomic E-state index is 11.9. The first-order chi connectivity index (χ1) is 9.57. The minimum absolute atomic E-state index is 0.0700. The number of rotatable bonds is 8. The zero-order chi connectivity index (χ0) is 15.0. The number of methoxy groups -OCH3 is 1. The zero-order valence-corrected chi connectivity index (χ0v) is 11.7. The average molecular weight is 303 g/mol. The van der Waals surface area contributed by atoms with Crippen molar-refractivity contribution in [1.29, 1.82) is 0 Å². The molecule has 1 rings (SSSR count). The molecule has 0 radical (unpaired) electrons. The second-order valence-electron chi connectivity index (χ2n) is 3.75. The van der Waals surface area contributed by atoms with E-state index in [9.17, 15) is 14.9 Å². The Balaban J connectivity index is 2.56. The fourth-order valence-electron chi connectivity index (χ4n) is 1.46. The van der Waals surface area contributed by atoms with Gasteiger partial charge in [0.05, 0.1) is 24.7 Å². The third-order valence-electron chi connectivity index (χ3n) is 2.38. The standard InChI is InChI=1S/C12H15ClN2O5/c1-19-7-8-20-6-5-14-12(16)9-3-2-4-10(13)11(9)15(17)18/h2-4H,5-8H2,1H3,(H,14,16). The van der Waals surface area contributed by atoms with Crippen molar-refractivity contribution in [2.24, 2.45) is 0 Å². The highest BCUT2D eigenvalue weighted by Crippen LogP contribution is 2.27. The van der Waals surface area contributed by atoms with Gasteiger partial charge in [-0.15, -0.1) is 0 Å². The maximum atomic E-state index is 11.9. The number of ether oxygens (including phenoxy) is 2. The van der Waals surface area contributed by atoms with Crippen molar-refractivity contribution in [3.63, 3.8) is 0 Å². The molecule has 20 heavy (non-hydrogen) atoms. The molecule has 110 valence electrons. The molecule has 1 aromatic rings. The fourth-order valence-corrected chi connectivity index (χ4v) is 1.70. The molecule has 8 heteroatoms. The molecule has 0 aliphatic heterocycles. The summed E-state index contributed by atoms with van der Waals surface area (Å²) in [6.45, 7) is 1.42. The largest absolute Gasteiger partial charge is 0.382 e. The second kappa shape index (κ2) is 8.47. The van der Waals surface area contributed by atoms with E-state index in [4.69, 9.17) is 21.1 Å². The van der Waals surface area contributed by atoms with Crippen molar-refractivity contribution >= 4 is 23.2 Å². The van der Waals surface area contributed by atoms with Crippen molar-refractivity contribution < 1.29 is 19.2 Å². The zero-order valence-electron chi connectivity index (χ0n) is 10.9. The fraction of sp³-hybridized carbons (Fsp3) is 0.417. The number of carbonyl (C=O) groups excluding carboxylic acids is 1. The molecule has 1 amide bonds. The molecule has 0 fully saturated rings. The van der Waals surface area contributed by atoms with E-state index in [1.807, 2.05) is 0 Å². The predicted octanol–water partition coefficient (Wildman–Crippen LogP) is 1.64.